The van der Waals surface area contributed by atoms with Gasteiger partial charge >= 0.3 is 0 Å². The minimum atomic E-state index is -0.551. The molecule has 0 aliphatic carbocycles. The molecule has 11 heteroatoms. The van der Waals surface area contributed by atoms with Gasteiger partial charge in [-0.25, -0.2) is 9.37 Å². The van der Waals surface area contributed by atoms with Crippen LogP contribution in [0.4, 0.5) is 10.1 Å². The fourth-order valence-corrected chi connectivity index (χ4v) is 5.62. The largest absolute Gasteiger partial charge is 0.494 e. The van der Waals surface area contributed by atoms with Gasteiger partial charge < -0.3 is 19.5 Å². The number of benzene rings is 4. The Morgan fingerprint density at radius 3 is 2.53 bits per heavy atom. The number of methoxy groups -OCH3 is 1. The van der Waals surface area contributed by atoms with Crippen molar-refractivity contribution in [3.63, 3.8) is 0 Å². The van der Waals surface area contributed by atoms with E-state index in [-0.39, 0.29) is 22.9 Å². The van der Waals surface area contributed by atoms with Crippen LogP contribution in [0.25, 0.3) is 22.3 Å². The van der Waals surface area contributed by atoms with E-state index < -0.39 is 18.3 Å². The maximum absolute atomic E-state index is 13.9. The molecule has 0 unspecified atom stereocenters. The average Bonchev–Trinajstić information content (AvgIpc) is 3.04. The van der Waals surface area contributed by atoms with E-state index in [1.165, 1.54) is 36.2 Å². The van der Waals surface area contributed by atoms with Gasteiger partial charge in [-0.2, -0.15) is 9.78 Å². The molecule has 0 saturated carbocycles. The van der Waals surface area contributed by atoms with Crippen molar-refractivity contribution in [1.29, 1.82) is 0 Å². The highest BCUT2D eigenvalue weighted by molar-refractivity contribution is 9.10. The minimum Gasteiger partial charge on any atom is -0.494 e. The molecule has 4 aromatic carbocycles. The van der Waals surface area contributed by atoms with E-state index >= 15 is 0 Å². The number of ether oxygens (including phenoxy) is 3. The summed E-state index contributed by atoms with van der Waals surface area (Å²) in [6.07, 6.45) is 1.52. The quantitative estimate of drug-likeness (QED) is 0.142. The number of carbonyl (C=O) groups is 1. The topological polar surface area (TPSA) is 104 Å². The zero-order valence-corrected chi connectivity index (χ0v) is 28.2. The Labute approximate surface area is 280 Å². The monoisotopic (exact) mass is 700 g/mol. The van der Waals surface area contributed by atoms with E-state index in [1.807, 2.05) is 32.0 Å². The molecule has 0 fully saturated rings. The van der Waals surface area contributed by atoms with Crippen LogP contribution in [0.15, 0.2) is 87.2 Å². The molecular weight excluding hydrogens is 667 g/mol. The third-order valence-corrected chi connectivity index (χ3v) is 7.93. The molecule has 47 heavy (non-hydrogen) atoms. The first-order valence-electron chi connectivity index (χ1n) is 15.0. The molecule has 0 atom stereocenters. The lowest BCUT2D eigenvalue weighted by Crippen LogP contribution is -2.21. The first kappa shape index (κ1) is 33.3. The van der Waals surface area contributed by atoms with Gasteiger partial charge in [-0.05, 0) is 101 Å². The van der Waals surface area contributed by atoms with E-state index in [9.17, 15) is 14.0 Å². The molecule has 0 spiro atoms. The van der Waals surface area contributed by atoms with Crippen molar-refractivity contribution < 1.29 is 23.4 Å². The molecule has 242 valence electrons. The molecule has 0 aliphatic rings. The number of carbonyl (C=O) groups excluding carboxylic acids is 1. The van der Waals surface area contributed by atoms with Crippen molar-refractivity contribution >= 4 is 44.6 Å². The number of anilines is 1. The third-order valence-electron chi connectivity index (χ3n) is 7.34. The molecule has 9 nitrogen and oxygen atoms in total. The van der Waals surface area contributed by atoms with Crippen LogP contribution < -0.4 is 25.1 Å². The summed E-state index contributed by atoms with van der Waals surface area (Å²) in [6.45, 7) is 8.22. The maximum atomic E-state index is 13.9. The number of hydrogen-bond donors (Lipinski definition) is 1. The maximum Gasteiger partial charge on any atom is 0.282 e. The molecule has 5 rings (SSSR count). The summed E-state index contributed by atoms with van der Waals surface area (Å²) in [5.74, 6) is 0.833. The number of hydrogen-bond acceptors (Lipinski definition) is 7. The lowest BCUT2D eigenvalue weighted by atomic mass is 9.96. The van der Waals surface area contributed by atoms with Crippen molar-refractivity contribution in [2.45, 2.75) is 33.6 Å². The van der Waals surface area contributed by atoms with Gasteiger partial charge in [0.1, 0.15) is 11.6 Å². The molecule has 0 aliphatic heterocycles. The van der Waals surface area contributed by atoms with Crippen molar-refractivity contribution in [2.24, 2.45) is 5.10 Å². The van der Waals surface area contributed by atoms with Gasteiger partial charge in [-0.1, -0.05) is 38.1 Å². The average molecular weight is 702 g/mol. The van der Waals surface area contributed by atoms with Gasteiger partial charge in [-0.3, -0.25) is 9.59 Å². The standard InChI is InChI=1S/C36H34BrFN4O5/c1-6-46-31-15-22(4)26(18-25(31)21(2)3)35-41-29-13-9-7-11-24(29)36(44)42(35)39-19-23-16-27(37)34(32(17-23)45-5)47-20-33(43)40-30-14-10-8-12-28(30)38/h7-19,21H,6,20H2,1-5H3,(H,40,43). The Hall–Kier alpha value is -5.03. The smallest absolute Gasteiger partial charge is 0.282 e. The SMILES string of the molecule is CCOc1cc(C)c(-c2nc3ccccc3c(=O)n2N=Cc2cc(Br)c(OCC(=O)Nc3ccccc3F)c(OC)c2)cc1C(C)C. The fourth-order valence-electron chi connectivity index (χ4n) is 5.04. The Bertz CT molecular complexity index is 2040. The molecule has 1 aromatic heterocycles. The zero-order chi connectivity index (χ0) is 33.7. The summed E-state index contributed by atoms with van der Waals surface area (Å²) in [5.41, 5.74) is 3.50. The Balaban J connectivity index is 1.51. The van der Waals surface area contributed by atoms with E-state index in [0.717, 1.165) is 22.4 Å². The number of amides is 1. The van der Waals surface area contributed by atoms with Crippen LogP contribution in [0.2, 0.25) is 0 Å². The van der Waals surface area contributed by atoms with Crippen molar-refractivity contribution in [1.82, 2.24) is 9.66 Å². The van der Waals surface area contributed by atoms with E-state index in [2.05, 4.69) is 40.2 Å². The zero-order valence-electron chi connectivity index (χ0n) is 26.6. The van der Waals surface area contributed by atoms with Crippen LogP contribution in [0, 0.1) is 12.7 Å². The third kappa shape index (κ3) is 7.36. The van der Waals surface area contributed by atoms with Gasteiger partial charge in [0.05, 0.1) is 41.0 Å². The summed E-state index contributed by atoms with van der Waals surface area (Å²) in [5, 5.41) is 7.53. The normalized spacial score (nSPS) is 11.3. The molecular formula is C36H34BrFN4O5. The van der Waals surface area contributed by atoms with Gasteiger partial charge in [0, 0.05) is 5.56 Å². The summed E-state index contributed by atoms with van der Waals surface area (Å²) in [7, 11) is 1.46. The van der Waals surface area contributed by atoms with Crippen molar-refractivity contribution in [3.8, 4) is 28.6 Å². The highest BCUT2D eigenvalue weighted by Gasteiger charge is 2.19. The second-order valence-corrected chi connectivity index (χ2v) is 11.8. The summed E-state index contributed by atoms with van der Waals surface area (Å²) < 4.78 is 32.9. The van der Waals surface area contributed by atoms with Gasteiger partial charge in [-0.15, -0.1) is 0 Å². The van der Waals surface area contributed by atoms with Gasteiger partial charge in [0.25, 0.3) is 11.5 Å². The summed E-state index contributed by atoms with van der Waals surface area (Å²) >= 11 is 3.49. The summed E-state index contributed by atoms with van der Waals surface area (Å²) in [4.78, 5) is 31.2. The highest BCUT2D eigenvalue weighted by atomic mass is 79.9. The Morgan fingerprint density at radius 1 is 1.06 bits per heavy atom. The van der Waals surface area contributed by atoms with Crippen LogP contribution in [0.1, 0.15) is 43.4 Å². The fraction of sp³-hybridized carbons (Fsp3) is 0.222. The molecule has 1 heterocycles. The number of halogens is 2. The number of para-hydroxylation sites is 2. The number of aromatic nitrogens is 2. The van der Waals surface area contributed by atoms with Crippen LogP contribution in [0.5, 0.6) is 17.2 Å². The first-order valence-corrected chi connectivity index (χ1v) is 15.8. The molecule has 0 saturated heterocycles. The molecule has 0 bridgehead atoms. The molecule has 1 amide bonds. The highest BCUT2D eigenvalue weighted by Crippen LogP contribution is 2.37. The first-order chi connectivity index (χ1) is 22.6. The van der Waals surface area contributed by atoms with E-state index in [0.29, 0.717) is 39.1 Å². The van der Waals surface area contributed by atoms with Gasteiger partial charge in [0.15, 0.2) is 23.9 Å². The predicted molar refractivity (Wildman–Crippen MR) is 186 cm³/mol. The number of aryl methyl sites for hydroxylation is 1. The molecule has 5 aromatic rings. The van der Waals surface area contributed by atoms with Crippen LogP contribution in [-0.4, -0.2) is 42.1 Å². The van der Waals surface area contributed by atoms with Gasteiger partial charge in [0.2, 0.25) is 0 Å². The predicted octanol–water partition coefficient (Wildman–Crippen LogP) is 7.70. The summed E-state index contributed by atoms with van der Waals surface area (Å²) in [6, 6.07) is 20.4. The van der Waals surface area contributed by atoms with Crippen LogP contribution in [-0.2, 0) is 4.79 Å². The van der Waals surface area contributed by atoms with E-state index in [1.54, 1.807) is 36.4 Å². The second-order valence-electron chi connectivity index (χ2n) is 11.0. The molecule has 1 N–H and O–H groups in total. The number of nitrogens with zero attached hydrogens (tertiary/aromatic N) is 3. The Morgan fingerprint density at radius 2 is 1.81 bits per heavy atom. The minimum absolute atomic E-state index is 0.0531. The number of fused-ring (bicyclic) bond motifs is 1. The lowest BCUT2D eigenvalue weighted by Gasteiger charge is -2.18. The van der Waals surface area contributed by atoms with E-state index in [4.69, 9.17) is 19.2 Å². The second kappa shape index (κ2) is 14.6. The van der Waals surface area contributed by atoms with Crippen LogP contribution in [0.3, 0.4) is 0 Å². The number of rotatable bonds is 11. The lowest BCUT2D eigenvalue weighted by molar-refractivity contribution is -0.118. The Kier molecular flexibility index (Phi) is 10.4. The molecule has 0 radical (unpaired) electrons. The van der Waals surface area contributed by atoms with Crippen molar-refractivity contribution in [3.05, 3.63) is 110 Å². The van der Waals surface area contributed by atoms with Crippen molar-refractivity contribution in [2.75, 3.05) is 25.6 Å². The van der Waals surface area contributed by atoms with Crippen LogP contribution >= 0.6 is 15.9 Å². The number of nitrogens with one attached hydrogen (secondary N) is 1.